The van der Waals surface area contributed by atoms with E-state index in [4.69, 9.17) is 0 Å². The highest BCUT2D eigenvalue weighted by Gasteiger charge is 1.96. The van der Waals surface area contributed by atoms with E-state index < -0.39 is 0 Å². The smallest absolute Gasteiger partial charge is 0.293 e. The fraction of sp³-hybridized carbons (Fsp3) is 0.267. The van der Waals surface area contributed by atoms with E-state index in [1.165, 1.54) is 16.3 Å². The van der Waals surface area contributed by atoms with E-state index in [2.05, 4.69) is 47.2 Å². The number of aryl methyl sites for hydroxylation is 1. The first-order valence-corrected chi connectivity index (χ1v) is 5.93. The van der Waals surface area contributed by atoms with Gasteiger partial charge in [0.05, 0.1) is 6.61 Å². The van der Waals surface area contributed by atoms with Crippen molar-refractivity contribution in [2.24, 2.45) is 0 Å². The van der Waals surface area contributed by atoms with Gasteiger partial charge in [-0.25, -0.2) is 0 Å². The summed E-state index contributed by atoms with van der Waals surface area (Å²) in [6.07, 6.45) is 3.00. The summed E-state index contributed by atoms with van der Waals surface area (Å²) in [7, 11) is 0. The van der Waals surface area contributed by atoms with Gasteiger partial charge in [0.15, 0.2) is 0 Å². The van der Waals surface area contributed by atoms with Crippen LogP contribution < -0.4 is 0 Å². The van der Waals surface area contributed by atoms with Crippen LogP contribution in [-0.2, 0) is 16.0 Å². The number of unbranched alkanes of at least 4 members (excludes halogenated alkanes) is 1. The SMILES string of the molecule is O=COCCCCc1ccc2ccccc2c1. The zero-order valence-corrected chi connectivity index (χ0v) is 9.76. The van der Waals surface area contributed by atoms with Gasteiger partial charge in [0.25, 0.3) is 6.47 Å². The van der Waals surface area contributed by atoms with Gasteiger partial charge in [-0.05, 0) is 35.6 Å². The van der Waals surface area contributed by atoms with Crippen LogP contribution in [0.5, 0.6) is 0 Å². The number of hydrogen-bond donors (Lipinski definition) is 0. The van der Waals surface area contributed by atoms with Gasteiger partial charge in [-0.15, -0.1) is 0 Å². The van der Waals surface area contributed by atoms with E-state index in [0.29, 0.717) is 13.1 Å². The van der Waals surface area contributed by atoms with Gasteiger partial charge in [-0.3, -0.25) is 4.79 Å². The molecule has 0 aliphatic heterocycles. The Morgan fingerprint density at radius 1 is 1.00 bits per heavy atom. The Morgan fingerprint density at radius 2 is 1.82 bits per heavy atom. The van der Waals surface area contributed by atoms with Crippen LogP contribution in [0.15, 0.2) is 42.5 Å². The van der Waals surface area contributed by atoms with Crippen molar-refractivity contribution in [3.05, 3.63) is 48.0 Å². The van der Waals surface area contributed by atoms with Crippen LogP contribution in [0.3, 0.4) is 0 Å². The van der Waals surface area contributed by atoms with Crippen LogP contribution >= 0.6 is 0 Å². The summed E-state index contributed by atoms with van der Waals surface area (Å²) in [6, 6.07) is 14.9. The lowest BCUT2D eigenvalue weighted by Crippen LogP contribution is -1.93. The molecule has 0 bridgehead atoms. The fourth-order valence-electron chi connectivity index (χ4n) is 1.96. The molecule has 0 fully saturated rings. The lowest BCUT2D eigenvalue weighted by molar-refractivity contribution is -0.128. The van der Waals surface area contributed by atoms with Crippen molar-refractivity contribution in [3.8, 4) is 0 Å². The summed E-state index contributed by atoms with van der Waals surface area (Å²) < 4.78 is 4.66. The second kappa shape index (κ2) is 6.04. The maximum atomic E-state index is 9.96. The summed E-state index contributed by atoms with van der Waals surface area (Å²) in [6.45, 7) is 1.03. The minimum absolute atomic E-state index is 0.510. The largest absolute Gasteiger partial charge is 0.468 e. The third kappa shape index (κ3) is 3.31. The van der Waals surface area contributed by atoms with Crippen LogP contribution in [0.4, 0.5) is 0 Å². The van der Waals surface area contributed by atoms with Crippen LogP contribution in [0, 0.1) is 0 Å². The molecule has 0 amide bonds. The molecule has 0 spiro atoms. The maximum absolute atomic E-state index is 9.96. The number of carbonyl (C=O) groups excluding carboxylic acids is 1. The summed E-state index contributed by atoms with van der Waals surface area (Å²) in [5.41, 5.74) is 1.34. The minimum Gasteiger partial charge on any atom is -0.468 e. The van der Waals surface area contributed by atoms with E-state index in [1.807, 2.05) is 0 Å². The number of carbonyl (C=O) groups is 1. The molecule has 0 saturated heterocycles. The molecule has 2 aromatic carbocycles. The number of hydrogen-bond acceptors (Lipinski definition) is 2. The van der Waals surface area contributed by atoms with Gasteiger partial charge in [0, 0.05) is 0 Å². The normalized spacial score (nSPS) is 10.4. The topological polar surface area (TPSA) is 26.3 Å². The lowest BCUT2D eigenvalue weighted by Gasteiger charge is -2.03. The molecule has 0 atom stereocenters. The summed E-state index contributed by atoms with van der Waals surface area (Å²) in [4.78, 5) is 9.96. The van der Waals surface area contributed by atoms with Crippen LogP contribution in [-0.4, -0.2) is 13.1 Å². The molecule has 0 radical (unpaired) electrons. The average Bonchev–Trinajstić information content (AvgIpc) is 2.38. The predicted molar refractivity (Wildman–Crippen MR) is 68.9 cm³/mol. The Balaban J connectivity index is 1.92. The Morgan fingerprint density at radius 3 is 2.65 bits per heavy atom. The molecule has 0 aliphatic carbocycles. The van der Waals surface area contributed by atoms with Gasteiger partial charge in [0.1, 0.15) is 0 Å². The van der Waals surface area contributed by atoms with Crippen molar-refractivity contribution < 1.29 is 9.53 Å². The molecule has 2 rings (SSSR count). The van der Waals surface area contributed by atoms with Gasteiger partial charge >= 0.3 is 0 Å². The first-order valence-electron chi connectivity index (χ1n) is 5.93. The van der Waals surface area contributed by atoms with E-state index in [0.717, 1.165) is 19.3 Å². The molecule has 17 heavy (non-hydrogen) atoms. The van der Waals surface area contributed by atoms with Crippen molar-refractivity contribution in [2.45, 2.75) is 19.3 Å². The quantitative estimate of drug-likeness (QED) is 0.560. The van der Waals surface area contributed by atoms with E-state index in [9.17, 15) is 4.79 Å². The number of ether oxygens (including phenoxy) is 1. The third-order valence-corrected chi connectivity index (χ3v) is 2.86. The van der Waals surface area contributed by atoms with Gasteiger partial charge in [-0.1, -0.05) is 42.5 Å². The fourth-order valence-corrected chi connectivity index (χ4v) is 1.96. The first-order chi connectivity index (χ1) is 8.40. The Labute approximate surface area is 101 Å². The highest BCUT2D eigenvalue weighted by atomic mass is 16.5. The standard InChI is InChI=1S/C15H16O2/c16-12-17-10-4-3-5-13-8-9-14-6-1-2-7-15(14)11-13/h1-2,6-9,11-12H,3-5,10H2. The van der Waals surface area contributed by atoms with Crippen molar-refractivity contribution in [3.63, 3.8) is 0 Å². The molecule has 0 saturated carbocycles. The Bertz CT molecular complexity index is 491. The maximum Gasteiger partial charge on any atom is 0.293 e. The van der Waals surface area contributed by atoms with Crippen molar-refractivity contribution in [2.75, 3.05) is 6.61 Å². The Hall–Kier alpha value is -1.83. The number of rotatable bonds is 6. The molecule has 0 aliphatic rings. The molecule has 0 N–H and O–H groups in total. The molecule has 0 aromatic heterocycles. The van der Waals surface area contributed by atoms with Crippen LogP contribution in [0.25, 0.3) is 10.8 Å². The molecule has 2 heteroatoms. The van der Waals surface area contributed by atoms with Gasteiger partial charge < -0.3 is 4.74 Å². The van der Waals surface area contributed by atoms with Crippen LogP contribution in [0.1, 0.15) is 18.4 Å². The zero-order chi connectivity index (χ0) is 11.9. The molecular weight excluding hydrogens is 212 g/mol. The Kier molecular flexibility index (Phi) is 4.14. The molecule has 2 nitrogen and oxygen atoms in total. The van der Waals surface area contributed by atoms with Crippen molar-refractivity contribution >= 4 is 17.2 Å². The average molecular weight is 228 g/mol. The molecule has 88 valence electrons. The first kappa shape index (κ1) is 11.6. The third-order valence-electron chi connectivity index (χ3n) is 2.86. The minimum atomic E-state index is 0.510. The van der Waals surface area contributed by atoms with Crippen molar-refractivity contribution in [1.29, 1.82) is 0 Å². The van der Waals surface area contributed by atoms with Crippen LogP contribution in [0.2, 0.25) is 0 Å². The monoisotopic (exact) mass is 228 g/mol. The van der Waals surface area contributed by atoms with E-state index in [1.54, 1.807) is 0 Å². The lowest BCUT2D eigenvalue weighted by atomic mass is 10.0. The van der Waals surface area contributed by atoms with E-state index in [-0.39, 0.29) is 0 Å². The summed E-state index contributed by atoms with van der Waals surface area (Å²) in [5.74, 6) is 0. The number of fused-ring (bicyclic) bond motifs is 1. The zero-order valence-electron chi connectivity index (χ0n) is 9.76. The predicted octanol–water partition coefficient (Wildman–Crippen LogP) is 3.34. The summed E-state index contributed by atoms with van der Waals surface area (Å²) >= 11 is 0. The molecule has 0 heterocycles. The second-order valence-electron chi connectivity index (χ2n) is 4.11. The molecular formula is C15H16O2. The van der Waals surface area contributed by atoms with E-state index >= 15 is 0 Å². The number of benzene rings is 2. The molecule has 0 unspecified atom stereocenters. The highest BCUT2D eigenvalue weighted by molar-refractivity contribution is 5.82. The second-order valence-corrected chi connectivity index (χ2v) is 4.11. The van der Waals surface area contributed by atoms with Gasteiger partial charge in [0.2, 0.25) is 0 Å². The highest BCUT2D eigenvalue weighted by Crippen LogP contribution is 2.16. The van der Waals surface area contributed by atoms with Gasteiger partial charge in [-0.2, -0.15) is 0 Å². The van der Waals surface area contributed by atoms with Crippen molar-refractivity contribution in [1.82, 2.24) is 0 Å². The molecule has 2 aromatic rings. The summed E-state index contributed by atoms with van der Waals surface area (Å²) in [5, 5.41) is 2.56.